The summed E-state index contributed by atoms with van der Waals surface area (Å²) in [5, 5.41) is 0.824. The summed E-state index contributed by atoms with van der Waals surface area (Å²) in [6.07, 6.45) is -2.10. The normalized spacial score (nSPS) is 18.9. The van der Waals surface area contributed by atoms with Crippen LogP contribution < -0.4 is 5.73 Å². The largest absolute Gasteiger partial charge is 0.417 e. The van der Waals surface area contributed by atoms with E-state index in [4.69, 9.17) is 10.5 Å². The number of pyridine rings is 2. The number of carbonyl (C=O) groups excluding carboxylic acids is 1. The molecule has 2 aromatic heterocycles. The lowest BCUT2D eigenvalue weighted by Gasteiger charge is -2.29. The minimum atomic E-state index is -4.45. The van der Waals surface area contributed by atoms with Crippen LogP contribution in [0.1, 0.15) is 71.6 Å². The van der Waals surface area contributed by atoms with Gasteiger partial charge in [-0.3, -0.25) is 9.78 Å². The van der Waals surface area contributed by atoms with Gasteiger partial charge in [-0.1, -0.05) is 0 Å². The van der Waals surface area contributed by atoms with Crippen molar-refractivity contribution in [2.75, 3.05) is 5.73 Å². The fraction of sp³-hybridized carbons (Fsp3) is 0.375. The molecule has 6 nitrogen and oxygen atoms in total. The highest BCUT2D eigenvalue weighted by Gasteiger charge is 2.38. The topological polar surface area (TPSA) is 81.3 Å². The molecule has 3 aromatic rings. The number of hydrogen-bond acceptors (Lipinski definition) is 5. The number of hydrogen-bond donors (Lipinski definition) is 1. The molecular formula is C24H23F3N4O2. The minimum Gasteiger partial charge on any atom is -0.383 e. The highest BCUT2D eigenvalue weighted by atomic mass is 19.4. The number of carbonyl (C=O) groups is 1. The van der Waals surface area contributed by atoms with Crippen LogP contribution in [0.3, 0.4) is 0 Å². The number of rotatable bonds is 4. The van der Waals surface area contributed by atoms with Gasteiger partial charge in [0.05, 0.1) is 35.5 Å². The van der Waals surface area contributed by atoms with Crippen LogP contribution in [0.25, 0.3) is 10.9 Å². The van der Waals surface area contributed by atoms with E-state index >= 15 is 0 Å². The molecule has 1 amide bonds. The molecule has 3 heterocycles. The van der Waals surface area contributed by atoms with Gasteiger partial charge in [-0.15, -0.1) is 0 Å². The number of halogens is 3. The van der Waals surface area contributed by atoms with Crippen molar-refractivity contribution in [3.8, 4) is 0 Å². The third kappa shape index (κ3) is 3.80. The number of nitrogen functional groups attached to an aromatic ring is 1. The molecule has 1 saturated carbocycles. The second kappa shape index (κ2) is 7.69. The molecule has 33 heavy (non-hydrogen) atoms. The summed E-state index contributed by atoms with van der Waals surface area (Å²) in [6, 6.07) is 7.21. The number of nitrogens with zero attached hydrogens (tertiary/aromatic N) is 3. The van der Waals surface area contributed by atoms with Crippen molar-refractivity contribution < 1.29 is 22.7 Å². The van der Waals surface area contributed by atoms with Crippen molar-refractivity contribution in [1.29, 1.82) is 0 Å². The first-order valence-corrected chi connectivity index (χ1v) is 10.8. The monoisotopic (exact) mass is 456 g/mol. The SMILES string of the molecule is C[C@H](c1ccc(C(F)(F)F)cn1)N(C(=O)c1ccc2nc(N)c3c(c2c1)CO[C@@H]3C)C1CC1. The standard InChI is InChI=1S/C24H23F3N4O2/c1-12(19-8-4-15(10-29-19)24(25,26)27)31(16-5-6-16)23(32)14-3-7-20-17(9-14)18-11-33-13(2)21(18)22(28)30-20/h3-4,7-10,12-13,16H,5-6,11H2,1-2H3,(H2,28,30)/t12-,13-/m1/s1. The van der Waals surface area contributed by atoms with Crippen LogP contribution in [-0.4, -0.2) is 26.8 Å². The molecule has 0 unspecified atom stereocenters. The van der Waals surface area contributed by atoms with Gasteiger partial charge in [0, 0.05) is 28.8 Å². The lowest BCUT2D eigenvalue weighted by Crippen LogP contribution is -2.36. The molecule has 1 fully saturated rings. The molecule has 1 aliphatic heterocycles. The number of amides is 1. The van der Waals surface area contributed by atoms with E-state index in [1.807, 2.05) is 13.0 Å². The van der Waals surface area contributed by atoms with Gasteiger partial charge in [0.25, 0.3) is 5.91 Å². The van der Waals surface area contributed by atoms with Gasteiger partial charge in [-0.2, -0.15) is 13.2 Å². The van der Waals surface area contributed by atoms with E-state index < -0.39 is 17.8 Å². The Bertz CT molecular complexity index is 1240. The number of alkyl halides is 3. The maximum atomic E-state index is 13.6. The summed E-state index contributed by atoms with van der Waals surface area (Å²) in [4.78, 5) is 23.8. The first-order valence-electron chi connectivity index (χ1n) is 10.8. The molecule has 172 valence electrons. The van der Waals surface area contributed by atoms with Gasteiger partial charge in [-0.05, 0) is 62.6 Å². The summed E-state index contributed by atoms with van der Waals surface area (Å²) in [7, 11) is 0. The molecule has 0 bridgehead atoms. The van der Waals surface area contributed by atoms with Gasteiger partial charge in [0.15, 0.2) is 0 Å². The number of fused-ring (bicyclic) bond motifs is 3. The Balaban J connectivity index is 1.49. The van der Waals surface area contributed by atoms with E-state index in [1.54, 1.807) is 24.0 Å². The summed E-state index contributed by atoms with van der Waals surface area (Å²) < 4.78 is 44.5. The maximum absolute atomic E-state index is 13.6. The Hall–Kier alpha value is -3.20. The van der Waals surface area contributed by atoms with E-state index in [0.717, 1.165) is 41.6 Å². The van der Waals surface area contributed by atoms with Crippen molar-refractivity contribution in [3.63, 3.8) is 0 Å². The molecule has 9 heteroatoms. The summed E-state index contributed by atoms with van der Waals surface area (Å²) in [6.45, 7) is 4.11. The van der Waals surface area contributed by atoms with Crippen LogP contribution in [-0.2, 0) is 17.5 Å². The molecule has 0 spiro atoms. The van der Waals surface area contributed by atoms with Crippen molar-refractivity contribution in [2.45, 2.75) is 57.7 Å². The minimum absolute atomic E-state index is 0.0332. The Morgan fingerprint density at radius 3 is 2.64 bits per heavy atom. The Labute approximate surface area is 188 Å². The van der Waals surface area contributed by atoms with Crippen molar-refractivity contribution >= 4 is 22.6 Å². The fourth-order valence-corrected chi connectivity index (χ4v) is 4.52. The number of ether oxygens (including phenoxy) is 1. The van der Waals surface area contributed by atoms with Crippen LogP contribution >= 0.6 is 0 Å². The molecule has 2 N–H and O–H groups in total. The molecule has 2 atom stereocenters. The first kappa shape index (κ1) is 21.6. The molecule has 0 radical (unpaired) electrons. The summed E-state index contributed by atoms with van der Waals surface area (Å²) >= 11 is 0. The van der Waals surface area contributed by atoms with E-state index in [1.165, 1.54) is 6.07 Å². The zero-order valence-electron chi connectivity index (χ0n) is 18.2. The van der Waals surface area contributed by atoms with E-state index in [0.29, 0.717) is 29.2 Å². The smallest absolute Gasteiger partial charge is 0.383 e. The third-order valence-corrected chi connectivity index (χ3v) is 6.43. The van der Waals surface area contributed by atoms with Crippen LogP contribution in [0.2, 0.25) is 0 Å². The number of anilines is 1. The van der Waals surface area contributed by atoms with Gasteiger partial charge in [0.1, 0.15) is 5.82 Å². The number of aromatic nitrogens is 2. The zero-order valence-corrected chi connectivity index (χ0v) is 18.2. The predicted molar refractivity (Wildman–Crippen MR) is 116 cm³/mol. The summed E-state index contributed by atoms with van der Waals surface area (Å²) in [5.41, 5.74) is 8.70. The van der Waals surface area contributed by atoms with E-state index in [2.05, 4.69) is 9.97 Å². The number of nitrogens with two attached hydrogens (primary N) is 1. The fourth-order valence-electron chi connectivity index (χ4n) is 4.52. The average molecular weight is 456 g/mol. The van der Waals surface area contributed by atoms with Crippen molar-refractivity contribution in [1.82, 2.24) is 14.9 Å². The van der Waals surface area contributed by atoms with E-state index in [-0.39, 0.29) is 18.1 Å². The molecule has 1 aromatic carbocycles. The van der Waals surface area contributed by atoms with Gasteiger partial charge in [-0.25, -0.2) is 4.98 Å². The zero-order chi connectivity index (χ0) is 23.5. The molecule has 5 rings (SSSR count). The lowest BCUT2D eigenvalue weighted by atomic mass is 9.99. The molecule has 1 aliphatic carbocycles. The van der Waals surface area contributed by atoms with Gasteiger partial charge in [0.2, 0.25) is 0 Å². The quantitative estimate of drug-likeness (QED) is 0.585. The predicted octanol–water partition coefficient (Wildman–Crippen LogP) is 5.19. The third-order valence-electron chi connectivity index (χ3n) is 6.43. The Morgan fingerprint density at radius 1 is 1.24 bits per heavy atom. The highest BCUT2D eigenvalue weighted by Crippen LogP contribution is 2.40. The molecular weight excluding hydrogens is 433 g/mol. The van der Waals surface area contributed by atoms with Crippen molar-refractivity contribution in [2.24, 2.45) is 0 Å². The molecule has 0 saturated heterocycles. The maximum Gasteiger partial charge on any atom is 0.417 e. The Kier molecular flexibility index (Phi) is 5.04. The second-order valence-electron chi connectivity index (χ2n) is 8.66. The van der Waals surface area contributed by atoms with E-state index in [9.17, 15) is 18.0 Å². The van der Waals surface area contributed by atoms with Crippen molar-refractivity contribution in [3.05, 3.63) is 64.5 Å². The Morgan fingerprint density at radius 2 is 2.00 bits per heavy atom. The second-order valence-corrected chi connectivity index (χ2v) is 8.66. The van der Waals surface area contributed by atoms with Gasteiger partial charge < -0.3 is 15.4 Å². The van der Waals surface area contributed by atoms with Crippen LogP contribution in [0, 0.1) is 0 Å². The highest BCUT2D eigenvalue weighted by molar-refractivity contribution is 5.99. The molecule has 2 aliphatic rings. The van der Waals surface area contributed by atoms with Crippen LogP contribution in [0.4, 0.5) is 19.0 Å². The average Bonchev–Trinajstić information content (AvgIpc) is 3.53. The number of benzene rings is 1. The van der Waals surface area contributed by atoms with Crippen LogP contribution in [0.5, 0.6) is 0 Å². The first-order chi connectivity index (χ1) is 15.6. The lowest BCUT2D eigenvalue weighted by molar-refractivity contribution is -0.137. The summed E-state index contributed by atoms with van der Waals surface area (Å²) in [5.74, 6) is 0.245. The van der Waals surface area contributed by atoms with Crippen LogP contribution in [0.15, 0.2) is 36.5 Å². The van der Waals surface area contributed by atoms with Gasteiger partial charge >= 0.3 is 6.18 Å².